The number of hydrogen-bond donors (Lipinski definition) is 0. The molecule has 1 aromatic heterocycles. The second-order valence-electron chi connectivity index (χ2n) is 2.07. The summed E-state index contributed by atoms with van der Waals surface area (Å²) in [6, 6.07) is 0. The van der Waals surface area contributed by atoms with Gasteiger partial charge in [0, 0.05) is 6.20 Å². The highest BCUT2D eigenvalue weighted by molar-refractivity contribution is 6.28. The highest BCUT2D eigenvalue weighted by Gasteiger charge is 1.97. The van der Waals surface area contributed by atoms with Gasteiger partial charge in [0.2, 0.25) is 5.28 Å². The van der Waals surface area contributed by atoms with Crippen molar-refractivity contribution in [2.24, 2.45) is 0 Å². The molecule has 0 aliphatic rings. The van der Waals surface area contributed by atoms with E-state index in [4.69, 9.17) is 23.2 Å². The molecule has 12 heavy (non-hydrogen) atoms. The van der Waals surface area contributed by atoms with Crippen molar-refractivity contribution in [2.75, 3.05) is 5.88 Å². The van der Waals surface area contributed by atoms with Gasteiger partial charge in [0.15, 0.2) is 0 Å². The molecule has 1 rings (SSSR count). The summed E-state index contributed by atoms with van der Waals surface area (Å²) in [7, 11) is 0. The molecule has 0 aromatic carbocycles. The standard InChI is InChI=1S/C8H6Cl2N2/c1-6-7(3-2-4-9)5-11-8(10)12-6/h5H,4H2,1H3. The zero-order chi connectivity index (χ0) is 8.97. The minimum Gasteiger partial charge on any atom is -0.225 e. The fraction of sp³-hybridized carbons (Fsp3) is 0.250. The Morgan fingerprint density at radius 1 is 1.58 bits per heavy atom. The molecule has 4 heteroatoms. The van der Waals surface area contributed by atoms with E-state index in [1.54, 1.807) is 6.20 Å². The predicted molar refractivity (Wildman–Crippen MR) is 49.4 cm³/mol. The smallest absolute Gasteiger partial charge is 0.222 e. The van der Waals surface area contributed by atoms with Gasteiger partial charge in [-0.1, -0.05) is 11.8 Å². The molecule has 2 nitrogen and oxygen atoms in total. The van der Waals surface area contributed by atoms with Crippen LogP contribution in [0.3, 0.4) is 0 Å². The van der Waals surface area contributed by atoms with Crippen molar-refractivity contribution in [3.63, 3.8) is 0 Å². The average Bonchev–Trinajstić information content (AvgIpc) is 2.03. The molecule has 0 bridgehead atoms. The fourth-order valence-corrected chi connectivity index (χ4v) is 0.932. The summed E-state index contributed by atoms with van der Waals surface area (Å²) in [5, 5.41) is 0.240. The topological polar surface area (TPSA) is 25.8 Å². The molecule has 1 aromatic rings. The zero-order valence-corrected chi connectivity index (χ0v) is 7.95. The first-order valence-electron chi connectivity index (χ1n) is 3.28. The third-order valence-corrected chi connectivity index (χ3v) is 1.56. The van der Waals surface area contributed by atoms with Crippen molar-refractivity contribution in [1.82, 2.24) is 9.97 Å². The Balaban J connectivity index is 3.01. The van der Waals surface area contributed by atoms with E-state index in [1.165, 1.54) is 0 Å². The number of alkyl halides is 1. The first-order valence-corrected chi connectivity index (χ1v) is 4.19. The Morgan fingerprint density at radius 2 is 2.33 bits per heavy atom. The van der Waals surface area contributed by atoms with Crippen LogP contribution in [-0.2, 0) is 0 Å². The van der Waals surface area contributed by atoms with Crippen LogP contribution in [0.2, 0.25) is 5.28 Å². The van der Waals surface area contributed by atoms with E-state index >= 15 is 0 Å². The summed E-state index contributed by atoms with van der Waals surface area (Å²) >= 11 is 10.9. The SMILES string of the molecule is Cc1nc(Cl)ncc1C#CCCl. The Morgan fingerprint density at radius 3 is 2.92 bits per heavy atom. The van der Waals surface area contributed by atoms with Gasteiger partial charge in [-0.15, -0.1) is 11.6 Å². The Bertz CT molecular complexity index is 339. The monoisotopic (exact) mass is 200 g/mol. The van der Waals surface area contributed by atoms with Crippen LogP contribution in [0, 0.1) is 18.8 Å². The van der Waals surface area contributed by atoms with Crippen molar-refractivity contribution in [1.29, 1.82) is 0 Å². The van der Waals surface area contributed by atoms with Gasteiger partial charge < -0.3 is 0 Å². The largest absolute Gasteiger partial charge is 0.225 e. The van der Waals surface area contributed by atoms with Gasteiger partial charge in [-0.05, 0) is 18.5 Å². The lowest BCUT2D eigenvalue weighted by atomic mass is 10.2. The summed E-state index contributed by atoms with van der Waals surface area (Å²) < 4.78 is 0. The van der Waals surface area contributed by atoms with E-state index in [0.717, 1.165) is 11.3 Å². The van der Waals surface area contributed by atoms with Crippen molar-refractivity contribution in [3.05, 3.63) is 22.7 Å². The van der Waals surface area contributed by atoms with Crippen LogP contribution in [0.15, 0.2) is 6.20 Å². The molecule has 0 aliphatic heterocycles. The Kier molecular flexibility index (Phi) is 3.33. The van der Waals surface area contributed by atoms with E-state index < -0.39 is 0 Å². The summed E-state index contributed by atoms with van der Waals surface area (Å²) in [5.74, 6) is 5.85. The molecule has 0 amide bonds. The normalized spacial score (nSPS) is 8.92. The molecule has 0 N–H and O–H groups in total. The maximum Gasteiger partial charge on any atom is 0.222 e. The first-order chi connectivity index (χ1) is 5.74. The van der Waals surface area contributed by atoms with Crippen LogP contribution in [0.1, 0.15) is 11.3 Å². The average molecular weight is 201 g/mol. The fourth-order valence-electron chi connectivity index (χ4n) is 0.690. The van der Waals surface area contributed by atoms with E-state index in [-0.39, 0.29) is 5.28 Å². The van der Waals surface area contributed by atoms with Crippen molar-refractivity contribution >= 4 is 23.2 Å². The van der Waals surface area contributed by atoms with Crippen LogP contribution in [0.4, 0.5) is 0 Å². The van der Waals surface area contributed by atoms with E-state index in [9.17, 15) is 0 Å². The molecule has 0 atom stereocenters. The van der Waals surface area contributed by atoms with Gasteiger partial charge in [-0.2, -0.15) is 0 Å². The van der Waals surface area contributed by atoms with Gasteiger partial charge in [0.1, 0.15) is 0 Å². The second kappa shape index (κ2) is 4.30. The van der Waals surface area contributed by atoms with E-state index in [2.05, 4.69) is 21.8 Å². The maximum atomic E-state index is 5.55. The predicted octanol–water partition coefficient (Wildman–Crippen LogP) is 2.03. The number of halogens is 2. The van der Waals surface area contributed by atoms with E-state index in [0.29, 0.717) is 5.88 Å². The van der Waals surface area contributed by atoms with Gasteiger partial charge in [0.25, 0.3) is 0 Å². The Hall–Kier alpha value is -0.780. The number of rotatable bonds is 0. The van der Waals surface area contributed by atoms with Crippen molar-refractivity contribution in [3.8, 4) is 11.8 Å². The summed E-state index contributed by atoms with van der Waals surface area (Å²) in [5.41, 5.74) is 1.53. The zero-order valence-electron chi connectivity index (χ0n) is 6.43. The van der Waals surface area contributed by atoms with Gasteiger partial charge >= 0.3 is 0 Å². The summed E-state index contributed by atoms with van der Waals surface area (Å²) in [6.07, 6.45) is 1.59. The van der Waals surface area contributed by atoms with Crippen LogP contribution in [-0.4, -0.2) is 15.8 Å². The molecule has 62 valence electrons. The van der Waals surface area contributed by atoms with Crippen LogP contribution < -0.4 is 0 Å². The summed E-state index contributed by atoms with van der Waals surface area (Å²) in [6.45, 7) is 1.83. The van der Waals surface area contributed by atoms with Crippen molar-refractivity contribution < 1.29 is 0 Å². The number of nitrogens with zero attached hydrogens (tertiary/aromatic N) is 2. The molecule has 0 aliphatic carbocycles. The highest BCUT2D eigenvalue weighted by Crippen LogP contribution is 2.05. The molecular formula is C8H6Cl2N2. The molecule has 0 unspecified atom stereocenters. The van der Waals surface area contributed by atoms with Crippen LogP contribution in [0.25, 0.3) is 0 Å². The number of aromatic nitrogens is 2. The molecule has 1 heterocycles. The second-order valence-corrected chi connectivity index (χ2v) is 2.68. The molecule has 0 radical (unpaired) electrons. The summed E-state index contributed by atoms with van der Waals surface area (Å²) in [4.78, 5) is 7.74. The quantitative estimate of drug-likeness (QED) is 0.364. The molecular weight excluding hydrogens is 195 g/mol. The maximum absolute atomic E-state index is 5.55. The highest BCUT2D eigenvalue weighted by atomic mass is 35.5. The van der Waals surface area contributed by atoms with Crippen LogP contribution >= 0.6 is 23.2 Å². The minimum absolute atomic E-state index is 0.240. The van der Waals surface area contributed by atoms with E-state index in [1.807, 2.05) is 6.92 Å². The minimum atomic E-state index is 0.240. The Labute approximate surface area is 80.9 Å². The third kappa shape index (κ3) is 2.37. The lowest BCUT2D eigenvalue weighted by molar-refractivity contribution is 1.09. The van der Waals surface area contributed by atoms with Gasteiger partial charge in [0.05, 0.1) is 17.1 Å². The van der Waals surface area contributed by atoms with Crippen LogP contribution in [0.5, 0.6) is 0 Å². The van der Waals surface area contributed by atoms with Crippen molar-refractivity contribution in [2.45, 2.75) is 6.92 Å². The third-order valence-electron chi connectivity index (χ3n) is 1.24. The lowest BCUT2D eigenvalue weighted by Crippen LogP contribution is -1.90. The first kappa shape index (κ1) is 9.31. The molecule has 0 saturated carbocycles. The number of hydrogen-bond acceptors (Lipinski definition) is 2. The molecule has 0 spiro atoms. The van der Waals surface area contributed by atoms with Gasteiger partial charge in [-0.3, -0.25) is 0 Å². The molecule has 0 fully saturated rings. The lowest BCUT2D eigenvalue weighted by Gasteiger charge is -1.95. The number of aryl methyl sites for hydroxylation is 1. The molecule has 0 saturated heterocycles. The van der Waals surface area contributed by atoms with Gasteiger partial charge in [-0.25, -0.2) is 9.97 Å².